The fraction of sp³-hybridized carbons (Fsp3) is 0.200. The van der Waals surface area contributed by atoms with Gasteiger partial charge in [0.25, 0.3) is 0 Å². The number of cyclic esters (lactones) is 2. The summed E-state index contributed by atoms with van der Waals surface area (Å²) in [5, 5.41) is 0. The molecule has 0 N–H and O–H groups in total. The van der Waals surface area contributed by atoms with Gasteiger partial charge in [0.1, 0.15) is 6.11 Å². The molecule has 4 nitrogen and oxygen atoms in total. The summed E-state index contributed by atoms with van der Waals surface area (Å²) in [4.78, 5) is 20.5. The molecule has 0 saturated carbocycles. The first-order chi connectivity index (χ1) is 4.30. The Kier molecular flexibility index (Phi) is 1.36. The third-order valence-corrected chi connectivity index (χ3v) is 0.658. The molecule has 0 aromatic rings. The summed E-state index contributed by atoms with van der Waals surface area (Å²) in [5.74, 6) is 0.209. The van der Waals surface area contributed by atoms with Gasteiger partial charge < -0.3 is 9.47 Å². The Labute approximate surface area is 50.7 Å². The van der Waals surface area contributed by atoms with E-state index in [4.69, 9.17) is 0 Å². The largest absolute Gasteiger partial charge is 0.444 e. The Hall–Kier alpha value is -1.50. The molecule has 0 aromatic carbocycles. The molecule has 0 aromatic heterocycles. The van der Waals surface area contributed by atoms with E-state index in [-0.39, 0.29) is 6.61 Å². The number of hydrogen-bond donors (Lipinski definition) is 0. The van der Waals surface area contributed by atoms with Gasteiger partial charge in [0.2, 0.25) is 0 Å². The molecule has 0 amide bonds. The van der Waals surface area contributed by atoms with Crippen LogP contribution in [-0.4, -0.2) is 18.5 Å². The molecule has 0 aliphatic carbocycles. The van der Waals surface area contributed by atoms with E-state index in [0.29, 0.717) is 0 Å². The zero-order valence-corrected chi connectivity index (χ0v) is 4.34. The first-order valence-corrected chi connectivity index (χ1v) is 2.16. The fourth-order valence-electron chi connectivity index (χ4n) is 0.314. The van der Waals surface area contributed by atoms with Crippen LogP contribution < -0.4 is 0 Å². The average molecular weight is 126 g/mol. The van der Waals surface area contributed by atoms with Crippen LogP contribution >= 0.6 is 0 Å². The van der Waals surface area contributed by atoms with E-state index >= 15 is 0 Å². The molecule has 0 unspecified atom stereocenters. The van der Waals surface area contributed by atoms with Crippen molar-refractivity contribution >= 4 is 11.9 Å². The van der Waals surface area contributed by atoms with Crippen molar-refractivity contribution < 1.29 is 19.1 Å². The van der Waals surface area contributed by atoms with Gasteiger partial charge in [0, 0.05) is 0 Å². The zero-order chi connectivity index (χ0) is 6.69. The lowest BCUT2D eigenvalue weighted by Crippen LogP contribution is -2.16. The first kappa shape index (κ1) is 5.63. The van der Waals surface area contributed by atoms with Crippen molar-refractivity contribution in [1.29, 1.82) is 0 Å². The molecule has 4 heteroatoms. The van der Waals surface area contributed by atoms with Crippen LogP contribution in [0, 0.1) is 12.0 Å². The predicted octanol–water partition coefficient (Wildman–Crippen LogP) is -0.953. The summed E-state index contributed by atoms with van der Waals surface area (Å²) < 4.78 is 8.27. The molecule has 0 fully saturated rings. The molecule has 0 radical (unpaired) electrons. The maximum atomic E-state index is 10.2. The lowest BCUT2D eigenvalue weighted by Gasteiger charge is -1.90. The van der Waals surface area contributed by atoms with Gasteiger partial charge in [-0.05, 0) is 5.92 Å². The molecule has 0 bridgehead atoms. The lowest BCUT2D eigenvalue weighted by atomic mass is 10.7. The van der Waals surface area contributed by atoms with Crippen molar-refractivity contribution in [3.05, 3.63) is 0 Å². The highest BCUT2D eigenvalue weighted by Crippen LogP contribution is 1.86. The van der Waals surface area contributed by atoms with Crippen LogP contribution in [0.4, 0.5) is 0 Å². The van der Waals surface area contributed by atoms with Crippen LogP contribution in [-0.2, 0) is 19.1 Å². The predicted molar refractivity (Wildman–Crippen MR) is 24.8 cm³/mol. The molecule has 1 aliphatic heterocycles. The molecule has 1 rings (SSSR count). The van der Waals surface area contributed by atoms with Crippen molar-refractivity contribution in [2.24, 2.45) is 0 Å². The molecule has 1 aliphatic rings. The Balaban J connectivity index is 2.67. The van der Waals surface area contributed by atoms with Crippen LogP contribution in [0.2, 0.25) is 0 Å². The van der Waals surface area contributed by atoms with Gasteiger partial charge in [-0.2, -0.15) is 0 Å². The third-order valence-electron chi connectivity index (χ3n) is 0.658. The molecular formula is C5H2O4. The summed E-state index contributed by atoms with van der Waals surface area (Å²) in [6.07, 6.45) is 1.98. The van der Waals surface area contributed by atoms with E-state index in [1.807, 2.05) is 6.11 Å². The number of esters is 2. The minimum absolute atomic E-state index is 0.0788. The van der Waals surface area contributed by atoms with Crippen LogP contribution in [0.3, 0.4) is 0 Å². The third kappa shape index (κ3) is 1.19. The highest BCUT2D eigenvalue weighted by Gasteiger charge is 2.17. The van der Waals surface area contributed by atoms with Crippen molar-refractivity contribution in [3.8, 4) is 12.0 Å². The second-order valence-electron chi connectivity index (χ2n) is 1.24. The van der Waals surface area contributed by atoms with E-state index in [9.17, 15) is 9.59 Å². The topological polar surface area (TPSA) is 52.6 Å². The molecule has 0 atom stereocenters. The minimum atomic E-state index is -1.06. The van der Waals surface area contributed by atoms with Crippen molar-refractivity contribution in [1.82, 2.24) is 0 Å². The number of ether oxygens (including phenoxy) is 2. The van der Waals surface area contributed by atoms with Crippen molar-refractivity contribution in [2.75, 3.05) is 6.61 Å². The Bertz CT molecular complexity index is 207. The SMILES string of the molecule is O=C1OC#CCOC1=O. The zero-order valence-electron chi connectivity index (χ0n) is 4.34. The van der Waals surface area contributed by atoms with Gasteiger partial charge in [0.05, 0.1) is 0 Å². The molecule has 0 saturated heterocycles. The second-order valence-corrected chi connectivity index (χ2v) is 1.24. The smallest absolute Gasteiger partial charge is 0.431 e. The molecule has 1 heterocycles. The Morgan fingerprint density at radius 3 is 2.89 bits per heavy atom. The highest BCUT2D eigenvalue weighted by molar-refractivity contribution is 6.30. The lowest BCUT2D eigenvalue weighted by molar-refractivity contribution is -0.162. The maximum Gasteiger partial charge on any atom is 0.431 e. The van der Waals surface area contributed by atoms with Gasteiger partial charge in [-0.15, -0.1) is 0 Å². The van der Waals surface area contributed by atoms with E-state index in [1.54, 1.807) is 0 Å². The van der Waals surface area contributed by atoms with E-state index in [2.05, 4.69) is 15.4 Å². The molecule has 0 spiro atoms. The van der Waals surface area contributed by atoms with Crippen LogP contribution in [0.5, 0.6) is 0 Å². The number of rotatable bonds is 0. The van der Waals surface area contributed by atoms with Crippen LogP contribution in [0.25, 0.3) is 0 Å². The molecule has 9 heavy (non-hydrogen) atoms. The fourth-order valence-corrected chi connectivity index (χ4v) is 0.314. The van der Waals surface area contributed by atoms with Gasteiger partial charge >= 0.3 is 11.9 Å². The van der Waals surface area contributed by atoms with Gasteiger partial charge in [0.15, 0.2) is 6.61 Å². The summed E-state index contributed by atoms with van der Waals surface area (Å²) in [5.41, 5.74) is 0. The summed E-state index contributed by atoms with van der Waals surface area (Å²) in [6.45, 7) is -0.0788. The Morgan fingerprint density at radius 1 is 1.33 bits per heavy atom. The standard InChI is InChI=1S/C5H2O4/c6-4-5(7)9-3-1-2-8-4/h2H2. The Morgan fingerprint density at radius 2 is 2.11 bits per heavy atom. The quantitative estimate of drug-likeness (QED) is 0.238. The van der Waals surface area contributed by atoms with Crippen molar-refractivity contribution in [2.45, 2.75) is 0 Å². The number of carbonyl (C=O) groups is 2. The minimum Gasteiger partial charge on any atom is -0.444 e. The van der Waals surface area contributed by atoms with Crippen molar-refractivity contribution in [3.63, 3.8) is 0 Å². The van der Waals surface area contributed by atoms with Gasteiger partial charge in [-0.1, -0.05) is 0 Å². The average Bonchev–Trinajstić information content (AvgIpc) is 1.99. The van der Waals surface area contributed by atoms with Gasteiger partial charge in [-0.3, -0.25) is 0 Å². The van der Waals surface area contributed by atoms with Crippen LogP contribution in [0.1, 0.15) is 0 Å². The second kappa shape index (κ2) is 2.18. The van der Waals surface area contributed by atoms with E-state index in [0.717, 1.165) is 0 Å². The summed E-state index contributed by atoms with van der Waals surface area (Å²) in [7, 11) is 0. The number of hydrogen-bond acceptors (Lipinski definition) is 4. The van der Waals surface area contributed by atoms with E-state index in [1.165, 1.54) is 0 Å². The summed E-state index contributed by atoms with van der Waals surface area (Å²) >= 11 is 0. The first-order valence-electron chi connectivity index (χ1n) is 2.16. The monoisotopic (exact) mass is 126 g/mol. The maximum absolute atomic E-state index is 10.2. The highest BCUT2D eigenvalue weighted by atomic mass is 16.6. The normalized spacial score (nSPS) is 16.4. The summed E-state index contributed by atoms with van der Waals surface area (Å²) in [6, 6.07) is 0. The molecular weight excluding hydrogens is 124 g/mol. The van der Waals surface area contributed by atoms with Crippen LogP contribution in [0.15, 0.2) is 0 Å². The number of carbonyl (C=O) groups excluding carboxylic acids is 2. The molecule has 46 valence electrons. The van der Waals surface area contributed by atoms with Gasteiger partial charge in [-0.25, -0.2) is 9.59 Å². The van der Waals surface area contributed by atoms with E-state index < -0.39 is 11.9 Å².